The molecule has 2 amide bonds. The zero-order valence-corrected chi connectivity index (χ0v) is 10.1. The molecule has 0 saturated carbocycles. The highest BCUT2D eigenvalue weighted by atomic mass is 35.5. The first kappa shape index (κ1) is 11.7. The lowest BCUT2D eigenvalue weighted by atomic mass is 9.98. The average Bonchev–Trinajstić information content (AvgIpc) is 2.32. The summed E-state index contributed by atoms with van der Waals surface area (Å²) >= 11 is 5.61. The van der Waals surface area contributed by atoms with Crippen LogP contribution >= 0.6 is 11.6 Å². The Morgan fingerprint density at radius 1 is 1.31 bits per heavy atom. The van der Waals surface area contributed by atoms with Crippen LogP contribution in [0, 0.1) is 0 Å². The molecule has 16 heavy (non-hydrogen) atoms. The van der Waals surface area contributed by atoms with E-state index in [0.717, 1.165) is 32.2 Å². The second-order valence-corrected chi connectivity index (χ2v) is 4.78. The van der Waals surface area contributed by atoms with Gasteiger partial charge in [0, 0.05) is 19.0 Å². The average molecular weight is 245 g/mol. The van der Waals surface area contributed by atoms with Gasteiger partial charge in [0.25, 0.3) is 0 Å². The summed E-state index contributed by atoms with van der Waals surface area (Å²) in [5.74, 6) is 0.745. The molecule has 2 aliphatic rings. The van der Waals surface area contributed by atoms with Crippen LogP contribution in [0.15, 0.2) is 0 Å². The number of fused-ring (bicyclic) bond motifs is 1. The molecule has 0 N–H and O–H groups in total. The second kappa shape index (κ2) is 5.04. The highest BCUT2D eigenvalue weighted by molar-refractivity contribution is 6.17. The summed E-state index contributed by atoms with van der Waals surface area (Å²) in [7, 11) is 0. The van der Waals surface area contributed by atoms with Crippen LogP contribution < -0.4 is 0 Å². The van der Waals surface area contributed by atoms with Crippen LogP contribution in [-0.4, -0.2) is 53.2 Å². The van der Waals surface area contributed by atoms with E-state index in [-0.39, 0.29) is 24.4 Å². The zero-order chi connectivity index (χ0) is 11.5. The maximum absolute atomic E-state index is 12.1. The van der Waals surface area contributed by atoms with Crippen molar-refractivity contribution in [2.75, 3.05) is 25.5 Å². The first-order valence-corrected chi connectivity index (χ1v) is 6.41. The van der Waals surface area contributed by atoms with Crippen molar-refractivity contribution in [3.63, 3.8) is 0 Å². The zero-order valence-electron chi connectivity index (χ0n) is 9.32. The second-order valence-electron chi connectivity index (χ2n) is 4.40. The molecule has 0 aliphatic carbocycles. The lowest BCUT2D eigenvalue weighted by Crippen LogP contribution is -2.61. The standard InChI is InChI=1S/C11H17ClN2O2/c12-5-3-6-13-8-10(15)14-7-2-1-4-9(14)11(13)16/h9H,1-8H2. The summed E-state index contributed by atoms with van der Waals surface area (Å²) in [6, 6.07) is -0.190. The highest BCUT2D eigenvalue weighted by Crippen LogP contribution is 2.23. The molecule has 0 aromatic rings. The van der Waals surface area contributed by atoms with Crippen LogP contribution in [0.1, 0.15) is 25.7 Å². The summed E-state index contributed by atoms with van der Waals surface area (Å²) in [4.78, 5) is 27.4. The van der Waals surface area contributed by atoms with Gasteiger partial charge in [0.15, 0.2) is 0 Å². The van der Waals surface area contributed by atoms with Gasteiger partial charge in [0.05, 0.1) is 6.54 Å². The fourth-order valence-electron chi connectivity index (χ4n) is 2.47. The molecule has 0 spiro atoms. The Labute approximate surface area is 101 Å². The van der Waals surface area contributed by atoms with E-state index < -0.39 is 0 Å². The lowest BCUT2D eigenvalue weighted by molar-refractivity contribution is -0.157. The van der Waals surface area contributed by atoms with Gasteiger partial charge in [0.2, 0.25) is 11.8 Å². The quantitative estimate of drug-likeness (QED) is 0.691. The van der Waals surface area contributed by atoms with Crippen molar-refractivity contribution >= 4 is 23.4 Å². The van der Waals surface area contributed by atoms with Gasteiger partial charge in [0.1, 0.15) is 6.04 Å². The van der Waals surface area contributed by atoms with Crippen LogP contribution in [0.25, 0.3) is 0 Å². The van der Waals surface area contributed by atoms with E-state index >= 15 is 0 Å². The van der Waals surface area contributed by atoms with Gasteiger partial charge in [-0.25, -0.2) is 0 Å². The molecule has 2 heterocycles. The Hall–Kier alpha value is -0.770. The monoisotopic (exact) mass is 244 g/mol. The van der Waals surface area contributed by atoms with E-state index in [2.05, 4.69) is 0 Å². The van der Waals surface area contributed by atoms with Crippen molar-refractivity contribution in [3.8, 4) is 0 Å². The van der Waals surface area contributed by atoms with Crippen molar-refractivity contribution in [1.82, 2.24) is 9.80 Å². The molecule has 90 valence electrons. The molecule has 4 nitrogen and oxygen atoms in total. The number of carbonyl (C=O) groups is 2. The summed E-state index contributed by atoms with van der Waals surface area (Å²) in [5.41, 5.74) is 0. The SMILES string of the molecule is O=C1C2CCCCN2C(=O)CN1CCCCl. The largest absolute Gasteiger partial charge is 0.332 e. The number of hydrogen-bond acceptors (Lipinski definition) is 2. The number of carbonyl (C=O) groups excluding carboxylic acids is 2. The summed E-state index contributed by atoms with van der Waals surface area (Å²) in [6.45, 7) is 1.60. The summed E-state index contributed by atoms with van der Waals surface area (Å²) in [6.07, 6.45) is 3.65. The minimum atomic E-state index is -0.190. The molecule has 0 radical (unpaired) electrons. The number of nitrogens with zero attached hydrogens (tertiary/aromatic N) is 2. The van der Waals surface area contributed by atoms with Crippen molar-refractivity contribution < 1.29 is 9.59 Å². The molecule has 2 fully saturated rings. The maximum Gasteiger partial charge on any atom is 0.245 e. The van der Waals surface area contributed by atoms with Crippen LogP contribution in [0.4, 0.5) is 0 Å². The van der Waals surface area contributed by atoms with Gasteiger partial charge in [-0.2, -0.15) is 0 Å². The van der Waals surface area contributed by atoms with E-state index in [9.17, 15) is 9.59 Å². The molecule has 5 heteroatoms. The third-order valence-corrected chi connectivity index (χ3v) is 3.57. The van der Waals surface area contributed by atoms with E-state index in [0.29, 0.717) is 12.4 Å². The molecule has 2 saturated heterocycles. The van der Waals surface area contributed by atoms with Crippen molar-refractivity contribution in [3.05, 3.63) is 0 Å². The Morgan fingerprint density at radius 3 is 2.88 bits per heavy atom. The molecule has 1 atom stereocenters. The van der Waals surface area contributed by atoms with Crippen LogP contribution in [-0.2, 0) is 9.59 Å². The maximum atomic E-state index is 12.1. The first-order chi connectivity index (χ1) is 7.74. The first-order valence-electron chi connectivity index (χ1n) is 5.88. The van der Waals surface area contributed by atoms with Gasteiger partial charge in [-0.05, 0) is 25.7 Å². The Balaban J connectivity index is 2.04. The Morgan fingerprint density at radius 2 is 2.12 bits per heavy atom. The topological polar surface area (TPSA) is 40.6 Å². The van der Waals surface area contributed by atoms with Gasteiger partial charge >= 0.3 is 0 Å². The number of halogens is 1. The number of piperidine rings is 1. The summed E-state index contributed by atoms with van der Waals surface area (Å²) in [5, 5.41) is 0. The van der Waals surface area contributed by atoms with E-state index in [1.165, 1.54) is 0 Å². The molecule has 0 aromatic heterocycles. The summed E-state index contributed by atoms with van der Waals surface area (Å²) < 4.78 is 0. The Bertz CT molecular complexity index is 296. The predicted octanol–water partition coefficient (Wildman–Crippen LogP) is 0.839. The minimum Gasteiger partial charge on any atom is -0.332 e. The van der Waals surface area contributed by atoms with Gasteiger partial charge < -0.3 is 9.80 Å². The predicted molar refractivity (Wildman–Crippen MR) is 61.3 cm³/mol. The molecular formula is C11H17ClN2O2. The molecule has 1 unspecified atom stereocenters. The van der Waals surface area contributed by atoms with Gasteiger partial charge in [-0.3, -0.25) is 9.59 Å². The number of alkyl halides is 1. The van der Waals surface area contributed by atoms with E-state index in [1.54, 1.807) is 9.80 Å². The smallest absolute Gasteiger partial charge is 0.245 e. The van der Waals surface area contributed by atoms with Crippen LogP contribution in [0.5, 0.6) is 0 Å². The van der Waals surface area contributed by atoms with Crippen molar-refractivity contribution in [2.24, 2.45) is 0 Å². The highest BCUT2D eigenvalue weighted by Gasteiger charge is 2.39. The van der Waals surface area contributed by atoms with Gasteiger partial charge in [-0.1, -0.05) is 0 Å². The van der Waals surface area contributed by atoms with E-state index in [1.807, 2.05) is 0 Å². The molecular weight excluding hydrogens is 228 g/mol. The molecule has 0 aromatic carbocycles. The fourth-order valence-corrected chi connectivity index (χ4v) is 2.59. The normalized spacial score (nSPS) is 25.9. The minimum absolute atomic E-state index is 0.0962. The number of hydrogen-bond donors (Lipinski definition) is 0. The van der Waals surface area contributed by atoms with Crippen LogP contribution in [0.2, 0.25) is 0 Å². The number of amides is 2. The lowest BCUT2D eigenvalue weighted by Gasteiger charge is -2.42. The van der Waals surface area contributed by atoms with Crippen molar-refractivity contribution in [1.29, 1.82) is 0 Å². The van der Waals surface area contributed by atoms with Gasteiger partial charge in [-0.15, -0.1) is 11.6 Å². The van der Waals surface area contributed by atoms with Crippen molar-refractivity contribution in [2.45, 2.75) is 31.7 Å². The third-order valence-electron chi connectivity index (χ3n) is 3.31. The number of rotatable bonds is 3. The van der Waals surface area contributed by atoms with E-state index in [4.69, 9.17) is 11.6 Å². The molecule has 0 bridgehead atoms. The molecule has 2 aliphatic heterocycles. The van der Waals surface area contributed by atoms with Crippen LogP contribution in [0.3, 0.4) is 0 Å². The Kier molecular flexibility index (Phi) is 3.69. The molecule has 2 rings (SSSR count). The third kappa shape index (κ3) is 2.17. The fraction of sp³-hybridized carbons (Fsp3) is 0.818. The number of piperazine rings is 1.